The van der Waals surface area contributed by atoms with Crippen LogP contribution in [0.25, 0.3) is 11.4 Å². The molecule has 5 nitrogen and oxygen atoms in total. The molecular formula is C23H24N4O. The van der Waals surface area contributed by atoms with Gasteiger partial charge >= 0.3 is 0 Å². The predicted octanol–water partition coefficient (Wildman–Crippen LogP) is 5.86. The van der Waals surface area contributed by atoms with Crippen molar-refractivity contribution in [2.45, 2.75) is 20.8 Å². The topological polar surface area (TPSA) is 62.8 Å². The highest BCUT2D eigenvalue weighted by atomic mass is 16.5. The number of benzene rings is 2. The van der Waals surface area contributed by atoms with Gasteiger partial charge in [0.15, 0.2) is 5.82 Å². The second kappa shape index (κ2) is 8.86. The van der Waals surface area contributed by atoms with Crippen LogP contribution in [0, 0.1) is 13.8 Å². The van der Waals surface area contributed by atoms with Crippen LogP contribution in [-0.2, 0) is 0 Å². The van der Waals surface area contributed by atoms with E-state index in [1.54, 1.807) is 6.08 Å². The van der Waals surface area contributed by atoms with E-state index in [1.165, 1.54) is 11.1 Å². The number of ether oxygens (including phenoxy) is 1. The fraction of sp³-hybridized carbons (Fsp3) is 0.130. The molecule has 2 aromatic carbocycles. The molecule has 0 aliphatic heterocycles. The van der Waals surface area contributed by atoms with Crippen LogP contribution in [0.4, 0.5) is 11.6 Å². The van der Waals surface area contributed by atoms with Gasteiger partial charge in [-0.15, -0.1) is 5.10 Å². The molecule has 0 radical (unpaired) electrons. The SMILES string of the molecule is C=C/C=C(\C=C/C)Oc1ccc(-c2nc(Nc3ccc(C)c(C)c3)n[nH]2)cc1. The first-order chi connectivity index (χ1) is 13.6. The van der Waals surface area contributed by atoms with E-state index in [9.17, 15) is 0 Å². The number of hydrogen-bond donors (Lipinski definition) is 2. The molecule has 3 rings (SSSR count). The van der Waals surface area contributed by atoms with E-state index in [0.717, 1.165) is 22.8 Å². The summed E-state index contributed by atoms with van der Waals surface area (Å²) < 4.78 is 5.84. The van der Waals surface area contributed by atoms with Crippen LogP contribution in [-0.4, -0.2) is 15.2 Å². The molecule has 0 spiro atoms. The summed E-state index contributed by atoms with van der Waals surface area (Å²) >= 11 is 0. The van der Waals surface area contributed by atoms with E-state index in [0.29, 0.717) is 11.8 Å². The van der Waals surface area contributed by atoms with E-state index < -0.39 is 0 Å². The van der Waals surface area contributed by atoms with Crippen LogP contribution < -0.4 is 10.1 Å². The van der Waals surface area contributed by atoms with E-state index in [1.807, 2.05) is 55.5 Å². The van der Waals surface area contributed by atoms with Gasteiger partial charge in [-0.3, -0.25) is 5.10 Å². The molecule has 0 saturated carbocycles. The molecule has 2 N–H and O–H groups in total. The molecule has 5 heteroatoms. The summed E-state index contributed by atoms with van der Waals surface area (Å²) in [5.41, 5.74) is 4.36. The first-order valence-electron chi connectivity index (χ1n) is 9.09. The molecule has 1 heterocycles. The molecule has 142 valence electrons. The van der Waals surface area contributed by atoms with Gasteiger partial charge in [-0.1, -0.05) is 24.8 Å². The summed E-state index contributed by atoms with van der Waals surface area (Å²) in [6, 6.07) is 13.9. The Morgan fingerprint density at radius 1 is 1.11 bits per heavy atom. The Morgan fingerprint density at radius 2 is 1.89 bits per heavy atom. The Bertz CT molecular complexity index is 1010. The third-order valence-corrected chi connectivity index (χ3v) is 4.22. The van der Waals surface area contributed by atoms with Gasteiger partial charge in [-0.05, 0) is 80.4 Å². The van der Waals surface area contributed by atoms with Gasteiger partial charge in [-0.2, -0.15) is 4.98 Å². The number of H-pyrrole nitrogens is 1. The number of rotatable bonds is 7. The Morgan fingerprint density at radius 3 is 2.57 bits per heavy atom. The maximum Gasteiger partial charge on any atom is 0.246 e. The highest BCUT2D eigenvalue weighted by Gasteiger charge is 2.07. The second-order valence-electron chi connectivity index (χ2n) is 6.36. The van der Waals surface area contributed by atoms with Crippen molar-refractivity contribution in [3.05, 3.63) is 90.2 Å². The average molecular weight is 372 g/mol. The van der Waals surface area contributed by atoms with Crippen LogP contribution in [0.2, 0.25) is 0 Å². The lowest BCUT2D eigenvalue weighted by Gasteiger charge is -2.06. The van der Waals surface area contributed by atoms with Crippen molar-refractivity contribution < 1.29 is 4.74 Å². The summed E-state index contributed by atoms with van der Waals surface area (Å²) in [7, 11) is 0. The largest absolute Gasteiger partial charge is 0.457 e. The third kappa shape index (κ3) is 4.76. The second-order valence-corrected chi connectivity index (χ2v) is 6.36. The molecule has 0 unspecified atom stereocenters. The number of aryl methyl sites for hydroxylation is 2. The van der Waals surface area contributed by atoms with Gasteiger partial charge in [-0.25, -0.2) is 0 Å². The smallest absolute Gasteiger partial charge is 0.246 e. The van der Waals surface area contributed by atoms with E-state index >= 15 is 0 Å². The van der Waals surface area contributed by atoms with Gasteiger partial charge < -0.3 is 10.1 Å². The standard InChI is InChI=1S/C23H24N4O/c1-5-7-20(8-6-2)28-21-13-10-18(11-14-21)22-25-23(27-26-22)24-19-12-9-16(3)17(4)15-19/h5-15H,1H2,2-4H3,(H2,24,25,26,27)/b8-6-,20-7+. The van der Waals surface area contributed by atoms with Gasteiger partial charge in [0.2, 0.25) is 5.95 Å². The van der Waals surface area contributed by atoms with E-state index in [2.05, 4.69) is 53.1 Å². The highest BCUT2D eigenvalue weighted by Crippen LogP contribution is 2.23. The molecule has 0 aliphatic carbocycles. The monoisotopic (exact) mass is 372 g/mol. The van der Waals surface area contributed by atoms with Crippen molar-refractivity contribution >= 4 is 11.6 Å². The van der Waals surface area contributed by atoms with Crippen molar-refractivity contribution in [3.8, 4) is 17.1 Å². The number of hydrogen-bond acceptors (Lipinski definition) is 4. The van der Waals surface area contributed by atoms with Crippen molar-refractivity contribution in [1.29, 1.82) is 0 Å². The zero-order chi connectivity index (χ0) is 19.9. The lowest BCUT2D eigenvalue weighted by molar-refractivity contribution is 0.444. The zero-order valence-corrected chi connectivity index (χ0v) is 16.4. The van der Waals surface area contributed by atoms with Crippen LogP contribution in [0.15, 0.2) is 79.1 Å². The van der Waals surface area contributed by atoms with E-state index in [-0.39, 0.29) is 0 Å². The molecule has 1 aromatic heterocycles. The first kappa shape index (κ1) is 19.2. The Balaban J connectivity index is 1.71. The fourth-order valence-corrected chi connectivity index (χ4v) is 2.62. The lowest BCUT2D eigenvalue weighted by Crippen LogP contribution is -1.94. The zero-order valence-electron chi connectivity index (χ0n) is 16.4. The molecule has 0 aliphatic rings. The Hall–Kier alpha value is -3.60. The summed E-state index contributed by atoms with van der Waals surface area (Å²) in [6.07, 6.45) is 7.32. The van der Waals surface area contributed by atoms with Gasteiger partial charge in [0.05, 0.1) is 0 Å². The summed E-state index contributed by atoms with van der Waals surface area (Å²) in [6.45, 7) is 9.82. The Kier molecular flexibility index (Phi) is 6.07. The minimum absolute atomic E-state index is 0.530. The Labute approximate surface area is 165 Å². The molecular weight excluding hydrogens is 348 g/mol. The number of nitrogens with one attached hydrogen (secondary N) is 2. The van der Waals surface area contributed by atoms with Crippen LogP contribution >= 0.6 is 0 Å². The quantitative estimate of drug-likeness (QED) is 0.403. The predicted molar refractivity (Wildman–Crippen MR) is 115 cm³/mol. The lowest BCUT2D eigenvalue weighted by atomic mass is 10.1. The minimum atomic E-state index is 0.530. The minimum Gasteiger partial charge on any atom is -0.457 e. The summed E-state index contributed by atoms with van der Waals surface area (Å²) in [5, 5.41) is 10.4. The maximum atomic E-state index is 5.84. The van der Waals surface area contributed by atoms with Gasteiger partial charge in [0.1, 0.15) is 11.5 Å². The molecule has 0 saturated heterocycles. The molecule has 0 amide bonds. The van der Waals surface area contributed by atoms with Crippen LogP contribution in [0.5, 0.6) is 5.75 Å². The molecule has 0 fully saturated rings. The van der Waals surface area contributed by atoms with Crippen molar-refractivity contribution in [1.82, 2.24) is 15.2 Å². The van der Waals surface area contributed by atoms with E-state index in [4.69, 9.17) is 4.74 Å². The average Bonchev–Trinajstić information content (AvgIpc) is 3.14. The van der Waals surface area contributed by atoms with Crippen molar-refractivity contribution in [3.63, 3.8) is 0 Å². The molecule has 0 atom stereocenters. The highest BCUT2D eigenvalue weighted by molar-refractivity contribution is 5.60. The number of anilines is 2. The maximum absolute atomic E-state index is 5.84. The number of nitrogens with zero attached hydrogens (tertiary/aromatic N) is 2. The van der Waals surface area contributed by atoms with Crippen LogP contribution in [0.3, 0.4) is 0 Å². The first-order valence-corrected chi connectivity index (χ1v) is 9.09. The number of allylic oxidation sites excluding steroid dienone is 4. The van der Waals surface area contributed by atoms with Crippen molar-refractivity contribution in [2.75, 3.05) is 5.32 Å². The normalized spacial score (nSPS) is 11.6. The number of aromatic amines is 1. The summed E-state index contributed by atoms with van der Waals surface area (Å²) in [4.78, 5) is 4.52. The van der Waals surface area contributed by atoms with Gasteiger partial charge in [0.25, 0.3) is 0 Å². The van der Waals surface area contributed by atoms with Gasteiger partial charge in [0, 0.05) is 11.3 Å². The molecule has 3 aromatic rings. The molecule has 28 heavy (non-hydrogen) atoms. The number of aromatic nitrogens is 3. The van der Waals surface area contributed by atoms with Crippen molar-refractivity contribution in [2.24, 2.45) is 0 Å². The third-order valence-electron chi connectivity index (χ3n) is 4.22. The summed E-state index contributed by atoms with van der Waals surface area (Å²) in [5.74, 6) is 2.68. The molecule has 0 bridgehead atoms. The van der Waals surface area contributed by atoms with Crippen LogP contribution in [0.1, 0.15) is 18.1 Å². The fourth-order valence-electron chi connectivity index (χ4n) is 2.62.